The normalized spacial score (nSPS) is 25.3. The van der Waals surface area contributed by atoms with E-state index in [-0.39, 0.29) is 5.97 Å². The second-order valence-corrected chi connectivity index (χ2v) is 5.17. The van der Waals surface area contributed by atoms with Crippen molar-refractivity contribution in [2.75, 3.05) is 19.0 Å². The number of nitrogens with one attached hydrogen (secondary N) is 1. The van der Waals surface area contributed by atoms with Crippen molar-refractivity contribution < 1.29 is 14.3 Å². The first kappa shape index (κ1) is 13.7. The van der Waals surface area contributed by atoms with Crippen molar-refractivity contribution in [1.29, 1.82) is 0 Å². The third-order valence-electron chi connectivity index (χ3n) is 3.53. The van der Waals surface area contributed by atoms with Gasteiger partial charge in [0.2, 0.25) is 0 Å². The number of hydrogen-bond donors (Lipinski definition) is 1. The molecule has 0 saturated heterocycles. The van der Waals surface area contributed by atoms with Crippen molar-refractivity contribution in [3.8, 4) is 5.75 Å². The Kier molecular flexibility index (Phi) is 3.98. The van der Waals surface area contributed by atoms with E-state index in [9.17, 15) is 4.79 Å². The van der Waals surface area contributed by atoms with Crippen molar-refractivity contribution in [3.05, 3.63) is 24.3 Å². The molecule has 0 aromatic heterocycles. The van der Waals surface area contributed by atoms with Gasteiger partial charge in [0.1, 0.15) is 11.3 Å². The number of rotatable bonds is 5. The molecule has 1 aliphatic carbocycles. The Morgan fingerprint density at radius 1 is 1.37 bits per heavy atom. The first-order chi connectivity index (χ1) is 9.09. The van der Waals surface area contributed by atoms with Gasteiger partial charge < -0.3 is 14.8 Å². The van der Waals surface area contributed by atoms with Gasteiger partial charge >= 0.3 is 5.97 Å². The second-order valence-electron chi connectivity index (χ2n) is 5.17. The quantitative estimate of drug-likeness (QED) is 0.830. The van der Waals surface area contributed by atoms with Crippen LogP contribution in [-0.2, 0) is 9.53 Å². The monoisotopic (exact) mass is 263 g/mol. The van der Waals surface area contributed by atoms with Crippen LogP contribution in [0.5, 0.6) is 5.75 Å². The molecule has 0 aliphatic heterocycles. The van der Waals surface area contributed by atoms with Crippen LogP contribution >= 0.6 is 0 Å². The average molecular weight is 263 g/mol. The molecule has 1 aromatic carbocycles. The van der Waals surface area contributed by atoms with Crippen LogP contribution in [0.1, 0.15) is 26.7 Å². The van der Waals surface area contributed by atoms with Crippen LogP contribution in [0.15, 0.2) is 24.3 Å². The van der Waals surface area contributed by atoms with Gasteiger partial charge in [-0.3, -0.25) is 0 Å². The highest BCUT2D eigenvalue weighted by molar-refractivity contribution is 5.86. The van der Waals surface area contributed by atoms with E-state index < -0.39 is 5.54 Å². The molecule has 2 rings (SSSR count). The molecular weight excluding hydrogens is 242 g/mol. The van der Waals surface area contributed by atoms with E-state index in [1.807, 2.05) is 31.2 Å². The standard InChI is InChI=1S/C15H21NO3/c1-4-19-14(17)15(9-11(2)10-15)16-12-5-7-13(18-3)8-6-12/h5-8,11,16H,4,9-10H2,1-3H3. The number of anilines is 1. The molecule has 1 aliphatic rings. The van der Waals surface area contributed by atoms with Crippen LogP contribution in [0.4, 0.5) is 5.69 Å². The molecule has 0 atom stereocenters. The van der Waals surface area contributed by atoms with E-state index >= 15 is 0 Å². The summed E-state index contributed by atoms with van der Waals surface area (Å²) in [5.74, 6) is 1.21. The van der Waals surface area contributed by atoms with Crippen molar-refractivity contribution >= 4 is 11.7 Å². The molecule has 1 N–H and O–H groups in total. The third-order valence-corrected chi connectivity index (χ3v) is 3.53. The number of carbonyl (C=O) groups excluding carboxylic acids is 1. The minimum Gasteiger partial charge on any atom is -0.497 e. The smallest absolute Gasteiger partial charge is 0.331 e. The summed E-state index contributed by atoms with van der Waals surface area (Å²) in [6.45, 7) is 4.40. The predicted molar refractivity (Wildman–Crippen MR) is 74.4 cm³/mol. The second kappa shape index (κ2) is 5.51. The van der Waals surface area contributed by atoms with Crippen LogP contribution in [0, 0.1) is 5.92 Å². The highest BCUT2D eigenvalue weighted by atomic mass is 16.5. The van der Waals surface area contributed by atoms with E-state index in [0.29, 0.717) is 12.5 Å². The fraction of sp³-hybridized carbons (Fsp3) is 0.533. The Bertz CT molecular complexity index is 435. The lowest BCUT2D eigenvalue weighted by molar-refractivity contribution is -0.153. The summed E-state index contributed by atoms with van der Waals surface area (Å²) in [5, 5.41) is 3.33. The summed E-state index contributed by atoms with van der Waals surface area (Å²) in [6.07, 6.45) is 1.63. The topological polar surface area (TPSA) is 47.6 Å². The number of carbonyl (C=O) groups is 1. The Labute approximate surface area is 114 Å². The lowest BCUT2D eigenvalue weighted by Gasteiger charge is -2.45. The number of hydrogen-bond acceptors (Lipinski definition) is 4. The zero-order valence-corrected chi connectivity index (χ0v) is 11.7. The van der Waals surface area contributed by atoms with Crippen molar-refractivity contribution in [3.63, 3.8) is 0 Å². The van der Waals surface area contributed by atoms with Crippen LogP contribution in [0.25, 0.3) is 0 Å². The molecule has 4 heteroatoms. The molecule has 4 nitrogen and oxygen atoms in total. The maximum Gasteiger partial charge on any atom is 0.331 e. The largest absolute Gasteiger partial charge is 0.497 e. The molecule has 0 bridgehead atoms. The molecule has 1 saturated carbocycles. The van der Waals surface area contributed by atoms with Crippen LogP contribution < -0.4 is 10.1 Å². The Morgan fingerprint density at radius 3 is 2.47 bits per heavy atom. The molecule has 19 heavy (non-hydrogen) atoms. The fourth-order valence-corrected chi connectivity index (χ4v) is 2.67. The summed E-state index contributed by atoms with van der Waals surface area (Å²) < 4.78 is 10.3. The SMILES string of the molecule is CCOC(=O)C1(Nc2ccc(OC)cc2)CC(C)C1. The Balaban J connectivity index is 2.10. The first-order valence-corrected chi connectivity index (χ1v) is 6.69. The van der Waals surface area contributed by atoms with Gasteiger partial charge in [0.05, 0.1) is 13.7 Å². The van der Waals surface area contributed by atoms with Crippen LogP contribution in [0.2, 0.25) is 0 Å². The Morgan fingerprint density at radius 2 is 2.00 bits per heavy atom. The molecular formula is C15H21NO3. The fourth-order valence-electron chi connectivity index (χ4n) is 2.67. The van der Waals surface area contributed by atoms with Gasteiger partial charge in [-0.05, 0) is 49.9 Å². The summed E-state index contributed by atoms with van der Waals surface area (Å²) in [7, 11) is 1.64. The number of benzene rings is 1. The van der Waals surface area contributed by atoms with Gasteiger partial charge in [-0.25, -0.2) is 4.79 Å². The lowest BCUT2D eigenvalue weighted by Crippen LogP contribution is -2.56. The maximum absolute atomic E-state index is 12.1. The van der Waals surface area contributed by atoms with E-state index in [4.69, 9.17) is 9.47 Å². The Hall–Kier alpha value is -1.71. The summed E-state index contributed by atoms with van der Waals surface area (Å²) in [6, 6.07) is 7.60. The van der Waals surface area contributed by atoms with E-state index in [1.165, 1.54) is 0 Å². The number of methoxy groups -OCH3 is 1. The van der Waals surface area contributed by atoms with Crippen molar-refractivity contribution in [2.45, 2.75) is 32.2 Å². The lowest BCUT2D eigenvalue weighted by atomic mass is 9.69. The maximum atomic E-state index is 12.1. The summed E-state index contributed by atoms with van der Waals surface area (Å²) in [4.78, 5) is 12.1. The molecule has 0 unspecified atom stereocenters. The van der Waals surface area contributed by atoms with Crippen molar-refractivity contribution in [1.82, 2.24) is 0 Å². The summed E-state index contributed by atoms with van der Waals surface area (Å²) >= 11 is 0. The molecule has 0 spiro atoms. The molecule has 0 amide bonds. The number of ether oxygens (including phenoxy) is 2. The van der Waals surface area contributed by atoms with Gasteiger partial charge in [0.25, 0.3) is 0 Å². The van der Waals surface area contributed by atoms with E-state index in [2.05, 4.69) is 12.2 Å². The van der Waals surface area contributed by atoms with Gasteiger partial charge in [0.15, 0.2) is 0 Å². The van der Waals surface area contributed by atoms with Gasteiger partial charge in [0, 0.05) is 5.69 Å². The van der Waals surface area contributed by atoms with Crippen molar-refractivity contribution in [2.24, 2.45) is 5.92 Å². The van der Waals surface area contributed by atoms with E-state index in [1.54, 1.807) is 7.11 Å². The van der Waals surface area contributed by atoms with Crippen LogP contribution in [0.3, 0.4) is 0 Å². The predicted octanol–water partition coefficient (Wildman–Crippen LogP) is 2.84. The minimum absolute atomic E-state index is 0.149. The molecule has 1 aromatic rings. The average Bonchev–Trinajstić information content (AvgIpc) is 2.37. The third kappa shape index (κ3) is 2.83. The van der Waals surface area contributed by atoms with Crippen LogP contribution in [-0.4, -0.2) is 25.2 Å². The zero-order valence-electron chi connectivity index (χ0n) is 11.7. The zero-order chi connectivity index (χ0) is 13.9. The van der Waals surface area contributed by atoms with Gasteiger partial charge in [-0.2, -0.15) is 0 Å². The summed E-state index contributed by atoms with van der Waals surface area (Å²) in [5.41, 5.74) is 0.366. The van der Waals surface area contributed by atoms with E-state index in [0.717, 1.165) is 24.3 Å². The highest BCUT2D eigenvalue weighted by Crippen LogP contribution is 2.41. The highest BCUT2D eigenvalue weighted by Gasteiger charge is 2.49. The molecule has 1 fully saturated rings. The van der Waals surface area contributed by atoms with Gasteiger partial charge in [-0.1, -0.05) is 6.92 Å². The first-order valence-electron chi connectivity index (χ1n) is 6.69. The molecule has 0 heterocycles. The number of esters is 1. The molecule has 104 valence electrons. The minimum atomic E-state index is -0.552. The molecule has 0 radical (unpaired) electrons. The van der Waals surface area contributed by atoms with Gasteiger partial charge in [-0.15, -0.1) is 0 Å².